The summed E-state index contributed by atoms with van der Waals surface area (Å²) >= 11 is 6.02. The van der Waals surface area contributed by atoms with Gasteiger partial charge in [0.1, 0.15) is 11.5 Å². The topological polar surface area (TPSA) is 47.6 Å². The SMILES string of the molecule is COc1ccc(OC)c(C=CC(=O)NCc2cc(C)cc(Cl)c2)c1. The molecule has 2 aromatic rings. The van der Waals surface area contributed by atoms with E-state index in [1.54, 1.807) is 32.4 Å². The molecule has 2 aromatic carbocycles. The lowest BCUT2D eigenvalue weighted by Crippen LogP contribution is -2.20. The van der Waals surface area contributed by atoms with E-state index in [0.717, 1.165) is 16.7 Å². The first kappa shape index (κ1) is 17.9. The molecule has 0 atom stereocenters. The molecule has 1 N–H and O–H groups in total. The maximum Gasteiger partial charge on any atom is 0.244 e. The van der Waals surface area contributed by atoms with Crippen LogP contribution in [0.15, 0.2) is 42.5 Å². The number of hydrogen-bond acceptors (Lipinski definition) is 3. The van der Waals surface area contributed by atoms with Crippen LogP contribution in [0.4, 0.5) is 0 Å². The molecule has 0 heterocycles. The van der Waals surface area contributed by atoms with Gasteiger partial charge < -0.3 is 14.8 Å². The fraction of sp³-hybridized carbons (Fsp3) is 0.211. The molecule has 1 amide bonds. The molecule has 5 heteroatoms. The first-order chi connectivity index (χ1) is 11.5. The minimum atomic E-state index is -0.197. The molecule has 0 aliphatic carbocycles. The minimum absolute atomic E-state index is 0.197. The van der Waals surface area contributed by atoms with Crippen molar-refractivity contribution >= 4 is 23.6 Å². The summed E-state index contributed by atoms with van der Waals surface area (Å²) in [5.41, 5.74) is 2.79. The Morgan fingerprint density at radius 1 is 1.17 bits per heavy atom. The average Bonchev–Trinajstić information content (AvgIpc) is 2.57. The van der Waals surface area contributed by atoms with Gasteiger partial charge in [-0.15, -0.1) is 0 Å². The number of carbonyl (C=O) groups excluding carboxylic acids is 1. The molecule has 0 aliphatic rings. The smallest absolute Gasteiger partial charge is 0.244 e. The Balaban J connectivity index is 2.02. The largest absolute Gasteiger partial charge is 0.497 e. The number of benzene rings is 2. The first-order valence-electron chi connectivity index (χ1n) is 7.46. The van der Waals surface area contributed by atoms with Gasteiger partial charge in [0.2, 0.25) is 5.91 Å². The quantitative estimate of drug-likeness (QED) is 0.805. The van der Waals surface area contributed by atoms with Gasteiger partial charge in [-0.25, -0.2) is 0 Å². The molecule has 0 spiro atoms. The Bertz CT molecular complexity index is 736. The number of aryl methyl sites for hydroxylation is 1. The lowest BCUT2D eigenvalue weighted by molar-refractivity contribution is -0.116. The molecule has 24 heavy (non-hydrogen) atoms. The molecule has 0 aliphatic heterocycles. The maximum atomic E-state index is 12.0. The summed E-state index contributed by atoms with van der Waals surface area (Å²) in [6.45, 7) is 2.38. The number of rotatable bonds is 6. The highest BCUT2D eigenvalue weighted by molar-refractivity contribution is 6.30. The van der Waals surface area contributed by atoms with Crippen LogP contribution in [-0.4, -0.2) is 20.1 Å². The number of halogens is 1. The second-order valence-electron chi connectivity index (χ2n) is 5.30. The van der Waals surface area contributed by atoms with Crippen molar-refractivity contribution < 1.29 is 14.3 Å². The fourth-order valence-corrected chi connectivity index (χ4v) is 2.61. The lowest BCUT2D eigenvalue weighted by atomic mass is 10.1. The van der Waals surface area contributed by atoms with Crippen LogP contribution in [0.5, 0.6) is 11.5 Å². The highest BCUT2D eigenvalue weighted by Crippen LogP contribution is 2.25. The Morgan fingerprint density at radius 3 is 2.62 bits per heavy atom. The summed E-state index contributed by atoms with van der Waals surface area (Å²) in [7, 11) is 3.18. The van der Waals surface area contributed by atoms with Crippen LogP contribution in [0.2, 0.25) is 5.02 Å². The van der Waals surface area contributed by atoms with Crippen molar-refractivity contribution in [1.82, 2.24) is 5.32 Å². The Hall–Kier alpha value is -2.46. The predicted octanol–water partition coefficient (Wildman–Crippen LogP) is 4.00. The summed E-state index contributed by atoms with van der Waals surface area (Å²) < 4.78 is 10.5. The fourth-order valence-electron chi connectivity index (χ4n) is 2.30. The molecule has 2 rings (SSSR count). The summed E-state index contributed by atoms with van der Waals surface area (Å²) in [4.78, 5) is 12.0. The van der Waals surface area contributed by atoms with Crippen LogP contribution in [0.1, 0.15) is 16.7 Å². The number of amides is 1. The summed E-state index contributed by atoms with van der Waals surface area (Å²) in [5, 5.41) is 3.50. The molecule has 0 fully saturated rings. The van der Waals surface area contributed by atoms with Crippen molar-refractivity contribution in [2.45, 2.75) is 13.5 Å². The lowest BCUT2D eigenvalue weighted by Gasteiger charge is -2.07. The molecule has 0 radical (unpaired) electrons. The average molecular weight is 346 g/mol. The van der Waals surface area contributed by atoms with Crippen molar-refractivity contribution in [3.63, 3.8) is 0 Å². The zero-order valence-corrected chi connectivity index (χ0v) is 14.7. The zero-order chi connectivity index (χ0) is 17.5. The van der Waals surface area contributed by atoms with E-state index in [1.807, 2.05) is 31.2 Å². The van der Waals surface area contributed by atoms with Crippen LogP contribution < -0.4 is 14.8 Å². The van der Waals surface area contributed by atoms with Crippen LogP contribution in [0.3, 0.4) is 0 Å². The third-order valence-electron chi connectivity index (χ3n) is 3.42. The number of methoxy groups -OCH3 is 2. The van der Waals surface area contributed by atoms with Crippen molar-refractivity contribution in [2.75, 3.05) is 14.2 Å². The van der Waals surface area contributed by atoms with Gasteiger partial charge >= 0.3 is 0 Å². The number of carbonyl (C=O) groups is 1. The van der Waals surface area contributed by atoms with Gasteiger partial charge in [-0.1, -0.05) is 17.7 Å². The monoisotopic (exact) mass is 345 g/mol. The highest BCUT2D eigenvalue weighted by Gasteiger charge is 2.04. The summed E-state index contributed by atoms with van der Waals surface area (Å²) in [6, 6.07) is 11.1. The summed E-state index contributed by atoms with van der Waals surface area (Å²) in [5.74, 6) is 1.17. The Morgan fingerprint density at radius 2 is 1.96 bits per heavy atom. The van der Waals surface area contributed by atoms with Crippen molar-refractivity contribution in [3.05, 3.63) is 64.2 Å². The molecule has 0 saturated carbocycles. The highest BCUT2D eigenvalue weighted by atomic mass is 35.5. The van der Waals surface area contributed by atoms with Gasteiger partial charge in [0.05, 0.1) is 14.2 Å². The maximum absolute atomic E-state index is 12.0. The second-order valence-corrected chi connectivity index (χ2v) is 5.73. The van der Waals surface area contributed by atoms with Crippen LogP contribution >= 0.6 is 11.6 Å². The minimum Gasteiger partial charge on any atom is -0.497 e. The summed E-state index contributed by atoms with van der Waals surface area (Å²) in [6.07, 6.45) is 3.16. The Kier molecular flexibility index (Phi) is 6.27. The number of nitrogens with one attached hydrogen (secondary N) is 1. The van der Waals surface area contributed by atoms with Gasteiger partial charge in [-0.05, 0) is 54.5 Å². The number of ether oxygens (including phenoxy) is 2. The first-order valence-corrected chi connectivity index (χ1v) is 7.83. The van der Waals surface area contributed by atoms with E-state index in [-0.39, 0.29) is 5.91 Å². The third-order valence-corrected chi connectivity index (χ3v) is 3.64. The zero-order valence-electron chi connectivity index (χ0n) is 13.9. The molecule has 0 unspecified atom stereocenters. The molecule has 0 saturated heterocycles. The molecule has 0 aromatic heterocycles. The standard InChI is InChI=1S/C19H20ClNO3/c1-13-8-14(10-16(20)9-13)12-21-19(22)7-4-15-11-17(23-2)5-6-18(15)24-3/h4-11H,12H2,1-3H3,(H,21,22). The van der Waals surface area contributed by atoms with Gasteiger partial charge in [0.25, 0.3) is 0 Å². The molecule has 4 nitrogen and oxygen atoms in total. The van der Waals surface area contributed by atoms with Gasteiger partial charge in [-0.2, -0.15) is 0 Å². The second kappa shape index (κ2) is 8.41. The van der Waals surface area contributed by atoms with Crippen molar-refractivity contribution in [1.29, 1.82) is 0 Å². The normalized spacial score (nSPS) is 10.7. The van der Waals surface area contributed by atoms with Gasteiger partial charge in [0.15, 0.2) is 0 Å². The van der Waals surface area contributed by atoms with E-state index < -0.39 is 0 Å². The van der Waals surface area contributed by atoms with Crippen molar-refractivity contribution in [3.8, 4) is 11.5 Å². The molecular formula is C19H20ClNO3. The van der Waals surface area contributed by atoms with E-state index >= 15 is 0 Å². The van der Waals surface area contributed by atoms with Gasteiger partial charge in [0, 0.05) is 23.2 Å². The van der Waals surface area contributed by atoms with E-state index in [9.17, 15) is 4.79 Å². The van der Waals surface area contributed by atoms with Crippen LogP contribution in [0.25, 0.3) is 6.08 Å². The molecule has 126 valence electrons. The van der Waals surface area contributed by atoms with E-state index in [1.165, 1.54) is 6.08 Å². The van der Waals surface area contributed by atoms with Crippen LogP contribution in [0, 0.1) is 6.92 Å². The van der Waals surface area contributed by atoms with Crippen LogP contribution in [-0.2, 0) is 11.3 Å². The van der Waals surface area contributed by atoms with E-state index in [2.05, 4.69) is 5.32 Å². The Labute approximate surface area is 147 Å². The van der Waals surface area contributed by atoms with Crippen molar-refractivity contribution in [2.24, 2.45) is 0 Å². The molecule has 0 bridgehead atoms. The number of hydrogen-bond donors (Lipinski definition) is 1. The van der Waals surface area contributed by atoms with Gasteiger partial charge in [-0.3, -0.25) is 4.79 Å². The van der Waals surface area contributed by atoms with E-state index in [4.69, 9.17) is 21.1 Å². The molecular weight excluding hydrogens is 326 g/mol. The predicted molar refractivity (Wildman–Crippen MR) is 96.6 cm³/mol. The third kappa shape index (κ3) is 5.03. The van der Waals surface area contributed by atoms with E-state index in [0.29, 0.717) is 23.1 Å².